The third-order valence-electron chi connectivity index (χ3n) is 14.2. The van der Waals surface area contributed by atoms with Crippen LogP contribution in [0.3, 0.4) is 0 Å². The van der Waals surface area contributed by atoms with E-state index in [0.29, 0.717) is 49.5 Å². The maximum absolute atomic E-state index is 13.2. The van der Waals surface area contributed by atoms with Gasteiger partial charge in [0, 0.05) is 18.5 Å². The van der Waals surface area contributed by atoms with Gasteiger partial charge in [0.05, 0.1) is 37.6 Å². The van der Waals surface area contributed by atoms with Crippen molar-refractivity contribution in [3.05, 3.63) is 0 Å². The number of urea groups is 1. The minimum absolute atomic E-state index is 0.0905. The summed E-state index contributed by atoms with van der Waals surface area (Å²) in [5.41, 5.74) is 0.170. The molecule has 0 aromatic carbocycles. The van der Waals surface area contributed by atoms with E-state index < -0.39 is 0 Å². The lowest BCUT2D eigenvalue weighted by molar-refractivity contribution is -0.114. The molecule has 1 saturated heterocycles. The number of fused-ring (bicyclic) bond motifs is 8. The predicted molar refractivity (Wildman–Crippen MR) is 157 cm³/mol. The standard InChI is InChI=1S/C35H54N2O5/c38-34(36-7-8-36)37(20-41-32-14-24-3-6-27(32)11-24)21-42-33-17-35(19-40-31-13-23-2-5-26(31)10-23)16-28(33)15-29(35)18-39-30-12-22-1-4-25(30)9-22/h22-33H,1-21H2. The Bertz CT molecular complexity index is 1020. The first-order chi connectivity index (χ1) is 20.6. The molecular weight excluding hydrogens is 528 g/mol. The van der Waals surface area contributed by atoms with Crippen LogP contribution < -0.4 is 0 Å². The zero-order valence-corrected chi connectivity index (χ0v) is 25.7. The van der Waals surface area contributed by atoms with Gasteiger partial charge in [-0.05, 0) is 144 Å². The fourth-order valence-corrected chi connectivity index (χ4v) is 11.8. The molecule has 8 aliphatic carbocycles. The molecule has 8 saturated carbocycles. The second-order valence-electron chi connectivity index (χ2n) is 16.7. The molecule has 9 aliphatic rings. The molecule has 13 unspecified atom stereocenters. The fourth-order valence-electron chi connectivity index (χ4n) is 11.8. The van der Waals surface area contributed by atoms with Crippen LogP contribution in [0.2, 0.25) is 0 Å². The van der Waals surface area contributed by atoms with Crippen LogP contribution in [0.4, 0.5) is 4.79 Å². The van der Waals surface area contributed by atoms with Crippen LogP contribution in [0.1, 0.15) is 96.3 Å². The van der Waals surface area contributed by atoms with Gasteiger partial charge in [-0.3, -0.25) is 4.90 Å². The van der Waals surface area contributed by atoms with Gasteiger partial charge < -0.3 is 23.8 Å². The number of carbonyl (C=O) groups is 1. The Kier molecular flexibility index (Phi) is 7.10. The minimum atomic E-state index is 0.0905. The van der Waals surface area contributed by atoms with Crippen molar-refractivity contribution in [1.29, 1.82) is 0 Å². The lowest BCUT2D eigenvalue weighted by Crippen LogP contribution is -2.43. The Morgan fingerprint density at radius 3 is 1.74 bits per heavy atom. The molecule has 8 bridgehead atoms. The van der Waals surface area contributed by atoms with E-state index in [1.807, 2.05) is 9.80 Å². The monoisotopic (exact) mass is 582 g/mol. The van der Waals surface area contributed by atoms with Crippen molar-refractivity contribution in [2.24, 2.45) is 52.8 Å². The van der Waals surface area contributed by atoms with E-state index in [1.165, 1.54) is 89.9 Å². The highest BCUT2D eigenvalue weighted by atomic mass is 16.5. The summed E-state index contributed by atoms with van der Waals surface area (Å²) in [4.78, 5) is 16.9. The van der Waals surface area contributed by atoms with Gasteiger partial charge in [-0.25, -0.2) is 4.79 Å². The molecule has 13 atom stereocenters. The molecule has 0 spiro atoms. The van der Waals surface area contributed by atoms with Crippen molar-refractivity contribution in [2.45, 2.75) is 121 Å². The number of amides is 2. The van der Waals surface area contributed by atoms with Crippen molar-refractivity contribution in [3.63, 3.8) is 0 Å². The lowest BCUT2D eigenvalue weighted by atomic mass is 9.75. The highest BCUT2D eigenvalue weighted by molar-refractivity contribution is 5.76. The van der Waals surface area contributed by atoms with Gasteiger partial charge in [0.1, 0.15) is 13.5 Å². The Morgan fingerprint density at radius 1 is 0.619 bits per heavy atom. The van der Waals surface area contributed by atoms with E-state index >= 15 is 0 Å². The molecule has 1 aliphatic heterocycles. The molecule has 0 aromatic rings. The SMILES string of the molecule is O=C(N1CC1)N(COC1CC2CCC1C2)COC1CC2(COC3CC4CCC3C4)CC1CC2COC1CC2CCC1C2. The summed E-state index contributed by atoms with van der Waals surface area (Å²) in [6, 6.07) is 0.0905. The summed E-state index contributed by atoms with van der Waals surface area (Å²) in [6.07, 6.45) is 21.1. The topological polar surface area (TPSA) is 60.2 Å². The van der Waals surface area contributed by atoms with Crippen LogP contribution >= 0.6 is 0 Å². The van der Waals surface area contributed by atoms with E-state index in [2.05, 4.69) is 0 Å². The average molecular weight is 583 g/mol. The molecular formula is C35H54N2O5. The summed E-state index contributed by atoms with van der Waals surface area (Å²) in [7, 11) is 0. The third-order valence-corrected chi connectivity index (χ3v) is 14.2. The summed E-state index contributed by atoms with van der Waals surface area (Å²) in [5, 5.41) is 0. The van der Waals surface area contributed by atoms with Gasteiger partial charge in [-0.15, -0.1) is 0 Å². The second-order valence-corrected chi connectivity index (χ2v) is 16.7. The van der Waals surface area contributed by atoms with Gasteiger partial charge in [-0.2, -0.15) is 0 Å². The van der Waals surface area contributed by atoms with Crippen molar-refractivity contribution < 1.29 is 23.7 Å². The number of carbonyl (C=O) groups excluding carboxylic acids is 1. The number of ether oxygens (including phenoxy) is 4. The van der Waals surface area contributed by atoms with Crippen molar-refractivity contribution in [2.75, 3.05) is 39.8 Å². The van der Waals surface area contributed by atoms with Gasteiger partial charge in [0.2, 0.25) is 0 Å². The summed E-state index contributed by atoms with van der Waals surface area (Å²) in [6.45, 7) is 4.25. The van der Waals surface area contributed by atoms with Gasteiger partial charge >= 0.3 is 6.03 Å². The number of rotatable bonds is 12. The molecule has 0 radical (unpaired) electrons. The minimum Gasteiger partial charge on any atom is -0.378 e. The van der Waals surface area contributed by atoms with Crippen LogP contribution in [0.5, 0.6) is 0 Å². The smallest absolute Gasteiger partial charge is 0.323 e. The zero-order chi connectivity index (χ0) is 27.8. The third kappa shape index (κ3) is 5.04. The number of nitrogens with zero attached hydrogens (tertiary/aromatic N) is 2. The number of hydrogen-bond donors (Lipinski definition) is 0. The second kappa shape index (κ2) is 10.9. The molecule has 234 valence electrons. The first kappa shape index (κ1) is 27.4. The van der Waals surface area contributed by atoms with Crippen LogP contribution in [0, 0.1) is 52.8 Å². The van der Waals surface area contributed by atoms with Crippen LogP contribution in [-0.2, 0) is 18.9 Å². The summed E-state index contributed by atoms with van der Waals surface area (Å²) >= 11 is 0. The number of hydrogen-bond acceptors (Lipinski definition) is 5. The molecule has 42 heavy (non-hydrogen) atoms. The highest BCUT2D eigenvalue weighted by Crippen LogP contribution is 2.60. The molecule has 7 heteroatoms. The quantitative estimate of drug-likeness (QED) is 0.207. The van der Waals surface area contributed by atoms with Gasteiger partial charge in [0.25, 0.3) is 0 Å². The molecule has 9 fully saturated rings. The molecule has 0 aromatic heterocycles. The van der Waals surface area contributed by atoms with Crippen LogP contribution in [0.15, 0.2) is 0 Å². The predicted octanol–water partition coefficient (Wildman–Crippen LogP) is 6.06. The van der Waals surface area contributed by atoms with E-state index in [4.69, 9.17) is 18.9 Å². The van der Waals surface area contributed by atoms with Gasteiger partial charge in [0.15, 0.2) is 0 Å². The first-order valence-electron chi connectivity index (χ1n) is 18.1. The van der Waals surface area contributed by atoms with Gasteiger partial charge in [-0.1, -0.05) is 0 Å². The van der Waals surface area contributed by atoms with Crippen LogP contribution in [-0.4, -0.2) is 80.0 Å². The normalized spacial score (nSPS) is 49.2. The zero-order valence-electron chi connectivity index (χ0n) is 25.7. The summed E-state index contributed by atoms with van der Waals surface area (Å²) < 4.78 is 26.7. The molecule has 7 nitrogen and oxygen atoms in total. The van der Waals surface area contributed by atoms with E-state index in [-0.39, 0.29) is 17.6 Å². The van der Waals surface area contributed by atoms with E-state index in [1.54, 1.807) is 0 Å². The van der Waals surface area contributed by atoms with Crippen molar-refractivity contribution in [3.8, 4) is 0 Å². The molecule has 9 rings (SSSR count). The van der Waals surface area contributed by atoms with Crippen molar-refractivity contribution in [1.82, 2.24) is 9.80 Å². The maximum atomic E-state index is 13.2. The van der Waals surface area contributed by atoms with E-state index in [9.17, 15) is 4.79 Å². The molecule has 0 N–H and O–H groups in total. The first-order valence-corrected chi connectivity index (χ1v) is 18.1. The summed E-state index contributed by atoms with van der Waals surface area (Å²) in [5.74, 6) is 6.14. The lowest BCUT2D eigenvalue weighted by Gasteiger charge is -2.40. The highest BCUT2D eigenvalue weighted by Gasteiger charge is 2.58. The Labute approximate surface area is 252 Å². The van der Waals surface area contributed by atoms with E-state index in [0.717, 1.165) is 62.3 Å². The van der Waals surface area contributed by atoms with Crippen molar-refractivity contribution >= 4 is 6.03 Å². The van der Waals surface area contributed by atoms with Crippen LogP contribution in [0.25, 0.3) is 0 Å². The Hall–Kier alpha value is -0.890. The molecule has 1 heterocycles. The Balaban J connectivity index is 0.838. The maximum Gasteiger partial charge on any atom is 0.323 e. The average Bonchev–Trinajstić information content (AvgIpc) is 3.75. The fraction of sp³-hybridized carbons (Fsp3) is 0.971. The largest absolute Gasteiger partial charge is 0.378 e. The molecule has 2 amide bonds. The Morgan fingerprint density at radius 2 is 1.19 bits per heavy atom.